The van der Waals surface area contributed by atoms with Crippen LogP contribution in [0.15, 0.2) is 66.7 Å². The van der Waals surface area contributed by atoms with Crippen LogP contribution in [0.1, 0.15) is 27.8 Å². The minimum absolute atomic E-state index is 0.0527. The molecule has 2 N–H and O–H groups in total. The number of alkyl halides is 6. The monoisotopic (exact) mass is 469 g/mol. The molecule has 0 amide bonds. The molecule has 0 saturated heterocycles. The molecular formula is C24H21F6NO2. The number of hydrogen-bond acceptors (Lipinski definition) is 3. The quantitative estimate of drug-likeness (QED) is 0.312. The normalized spacial score (nSPS) is 12.3. The van der Waals surface area contributed by atoms with Gasteiger partial charge in [0, 0.05) is 19.6 Å². The fourth-order valence-corrected chi connectivity index (χ4v) is 3.58. The average Bonchev–Trinajstić information content (AvgIpc) is 2.73. The summed E-state index contributed by atoms with van der Waals surface area (Å²) in [5.41, 5.74) is -1.22. The largest absolute Gasteiger partial charge is 0.504 e. The smallest absolute Gasteiger partial charge is 0.416 e. The van der Waals surface area contributed by atoms with Crippen molar-refractivity contribution >= 4 is 0 Å². The second-order valence-corrected chi connectivity index (χ2v) is 7.59. The zero-order valence-corrected chi connectivity index (χ0v) is 17.3. The molecule has 33 heavy (non-hydrogen) atoms. The van der Waals surface area contributed by atoms with Crippen LogP contribution in [0.25, 0.3) is 0 Å². The number of phenols is 2. The molecule has 0 spiro atoms. The highest BCUT2D eigenvalue weighted by Crippen LogP contribution is 2.35. The van der Waals surface area contributed by atoms with Crippen LogP contribution >= 0.6 is 0 Å². The van der Waals surface area contributed by atoms with Crippen molar-refractivity contribution in [3.63, 3.8) is 0 Å². The number of halogens is 6. The van der Waals surface area contributed by atoms with Gasteiger partial charge in [-0.1, -0.05) is 42.5 Å². The number of phenolic OH excluding ortho intramolecular Hbond substituents is 2. The average molecular weight is 469 g/mol. The maximum absolute atomic E-state index is 13.5. The fraction of sp³-hybridized carbons (Fsp3) is 0.250. The fourth-order valence-electron chi connectivity index (χ4n) is 3.58. The Bertz CT molecular complexity index is 1040. The van der Waals surface area contributed by atoms with E-state index in [1.165, 1.54) is 59.5 Å². The Morgan fingerprint density at radius 1 is 0.636 bits per heavy atom. The van der Waals surface area contributed by atoms with Crippen LogP contribution in [-0.4, -0.2) is 21.7 Å². The lowest BCUT2D eigenvalue weighted by Gasteiger charge is -2.26. The second kappa shape index (κ2) is 9.74. The van der Waals surface area contributed by atoms with Gasteiger partial charge in [-0.05, 0) is 47.4 Å². The first-order chi connectivity index (χ1) is 15.4. The van der Waals surface area contributed by atoms with E-state index in [1.54, 1.807) is 0 Å². The summed E-state index contributed by atoms with van der Waals surface area (Å²) in [6, 6.07) is 14.0. The van der Waals surface area contributed by atoms with Crippen LogP contribution in [0.5, 0.6) is 11.5 Å². The van der Waals surface area contributed by atoms with Crippen molar-refractivity contribution < 1.29 is 36.6 Å². The molecule has 0 aliphatic carbocycles. The third kappa shape index (κ3) is 6.41. The summed E-state index contributed by atoms with van der Waals surface area (Å²) in [4.78, 5) is 1.50. The van der Waals surface area contributed by atoms with E-state index in [1.807, 2.05) is 0 Å². The zero-order chi connectivity index (χ0) is 24.2. The Morgan fingerprint density at radius 3 is 1.58 bits per heavy atom. The van der Waals surface area contributed by atoms with Crippen LogP contribution < -0.4 is 0 Å². The summed E-state index contributed by atoms with van der Waals surface area (Å²) in [6.07, 6.45) is -8.97. The number of aromatic hydroxyl groups is 2. The van der Waals surface area contributed by atoms with Crippen LogP contribution in [0.3, 0.4) is 0 Å². The topological polar surface area (TPSA) is 43.7 Å². The van der Waals surface area contributed by atoms with Crippen LogP contribution in [0, 0.1) is 0 Å². The van der Waals surface area contributed by atoms with Gasteiger partial charge in [-0.2, -0.15) is 26.3 Å². The summed E-state index contributed by atoms with van der Waals surface area (Å²) in [5, 5.41) is 19.1. The summed E-state index contributed by atoms with van der Waals surface area (Å²) in [5.74, 6) is -0.683. The lowest BCUT2D eigenvalue weighted by molar-refractivity contribution is -0.138. The molecule has 176 valence electrons. The van der Waals surface area contributed by atoms with Gasteiger partial charge < -0.3 is 10.2 Å². The van der Waals surface area contributed by atoms with Crippen LogP contribution in [0.4, 0.5) is 26.3 Å². The molecule has 0 radical (unpaired) electrons. The van der Waals surface area contributed by atoms with Gasteiger partial charge >= 0.3 is 12.4 Å². The Labute approximate surface area is 186 Å². The molecule has 0 unspecified atom stereocenters. The minimum atomic E-state index is -4.60. The van der Waals surface area contributed by atoms with Gasteiger partial charge in [-0.15, -0.1) is 0 Å². The van der Waals surface area contributed by atoms with Crippen molar-refractivity contribution in [3.05, 3.63) is 94.5 Å². The molecule has 0 atom stereocenters. The summed E-state index contributed by atoms with van der Waals surface area (Å²) < 4.78 is 80.8. The number of rotatable bonds is 7. The lowest BCUT2D eigenvalue weighted by atomic mass is 10.0. The van der Waals surface area contributed by atoms with E-state index in [4.69, 9.17) is 0 Å². The third-order valence-corrected chi connectivity index (χ3v) is 5.19. The molecule has 0 fully saturated rings. The Morgan fingerprint density at radius 2 is 1.12 bits per heavy atom. The Balaban J connectivity index is 1.91. The number of hydrogen-bond donors (Lipinski definition) is 2. The first-order valence-electron chi connectivity index (χ1n) is 9.98. The molecule has 0 aliphatic heterocycles. The molecule has 9 heteroatoms. The Hall–Kier alpha value is -3.20. The molecule has 0 aromatic heterocycles. The second-order valence-electron chi connectivity index (χ2n) is 7.59. The predicted octanol–water partition coefficient (Wildman–Crippen LogP) is 6.38. The lowest BCUT2D eigenvalue weighted by Crippen LogP contribution is -2.28. The van der Waals surface area contributed by atoms with Gasteiger partial charge in [0.25, 0.3) is 0 Å². The maximum Gasteiger partial charge on any atom is 0.416 e. The highest BCUT2D eigenvalue weighted by Gasteiger charge is 2.35. The molecule has 0 saturated carbocycles. The highest BCUT2D eigenvalue weighted by atomic mass is 19.4. The zero-order valence-electron chi connectivity index (χ0n) is 17.3. The molecule has 0 bridgehead atoms. The van der Waals surface area contributed by atoms with Crippen molar-refractivity contribution in [2.45, 2.75) is 31.9 Å². The van der Waals surface area contributed by atoms with Crippen molar-refractivity contribution in [2.24, 2.45) is 0 Å². The third-order valence-electron chi connectivity index (χ3n) is 5.19. The van der Waals surface area contributed by atoms with Crippen LogP contribution in [-0.2, 0) is 31.9 Å². The molecule has 0 heterocycles. The van der Waals surface area contributed by atoms with Gasteiger partial charge in [-0.3, -0.25) is 4.90 Å². The predicted molar refractivity (Wildman–Crippen MR) is 110 cm³/mol. The highest BCUT2D eigenvalue weighted by molar-refractivity contribution is 5.40. The van der Waals surface area contributed by atoms with Crippen molar-refractivity contribution in [3.8, 4) is 11.5 Å². The minimum Gasteiger partial charge on any atom is -0.504 e. The molecular weight excluding hydrogens is 448 g/mol. The SMILES string of the molecule is Oc1ccc(CCN(Cc2ccccc2C(F)(F)F)Cc2ccccc2C(F)(F)F)cc1O. The van der Waals surface area contributed by atoms with Gasteiger partial charge in [0.05, 0.1) is 11.1 Å². The molecule has 0 aliphatic rings. The van der Waals surface area contributed by atoms with Crippen LogP contribution in [0.2, 0.25) is 0 Å². The van der Waals surface area contributed by atoms with Crippen molar-refractivity contribution in [1.82, 2.24) is 4.90 Å². The van der Waals surface area contributed by atoms with Crippen molar-refractivity contribution in [2.75, 3.05) is 6.54 Å². The van der Waals surface area contributed by atoms with Gasteiger partial charge in [-0.25, -0.2) is 0 Å². The van der Waals surface area contributed by atoms with E-state index in [0.717, 1.165) is 12.1 Å². The van der Waals surface area contributed by atoms with E-state index in [2.05, 4.69) is 0 Å². The van der Waals surface area contributed by atoms with E-state index in [0.29, 0.717) is 5.56 Å². The van der Waals surface area contributed by atoms with Gasteiger partial charge in [0.15, 0.2) is 11.5 Å². The first kappa shape index (κ1) is 24.4. The molecule has 3 aromatic carbocycles. The molecule has 3 aromatic rings. The molecule has 3 rings (SSSR count). The van der Waals surface area contributed by atoms with Gasteiger partial charge in [0.2, 0.25) is 0 Å². The summed E-state index contributed by atoms with van der Waals surface area (Å²) >= 11 is 0. The van der Waals surface area contributed by atoms with E-state index < -0.39 is 23.5 Å². The summed E-state index contributed by atoms with van der Waals surface area (Å²) in [7, 11) is 0. The van der Waals surface area contributed by atoms with Crippen molar-refractivity contribution in [1.29, 1.82) is 0 Å². The summed E-state index contributed by atoms with van der Waals surface area (Å²) in [6.45, 7) is -0.347. The van der Waals surface area contributed by atoms with E-state index in [-0.39, 0.29) is 48.7 Å². The first-order valence-corrected chi connectivity index (χ1v) is 9.98. The molecule has 3 nitrogen and oxygen atoms in total. The standard InChI is InChI=1S/C24H21F6NO2/c25-23(26,27)19-7-3-1-5-17(19)14-31(12-11-16-9-10-21(32)22(33)13-16)15-18-6-2-4-8-20(18)24(28,29)30/h1-10,13,32-33H,11-12,14-15H2. The maximum atomic E-state index is 13.5. The number of benzene rings is 3. The van der Waals surface area contributed by atoms with E-state index in [9.17, 15) is 36.6 Å². The van der Waals surface area contributed by atoms with Gasteiger partial charge in [0.1, 0.15) is 0 Å². The number of nitrogens with zero attached hydrogens (tertiary/aromatic N) is 1. The van der Waals surface area contributed by atoms with E-state index >= 15 is 0 Å². The Kier molecular flexibility index (Phi) is 7.22.